The van der Waals surface area contributed by atoms with Crippen molar-refractivity contribution in [1.82, 2.24) is 0 Å². The average molecular weight is 307 g/mol. The van der Waals surface area contributed by atoms with Gasteiger partial charge in [0.05, 0.1) is 0 Å². The zero-order valence-electron chi connectivity index (χ0n) is 15.4. The minimum atomic E-state index is 0.177. The Morgan fingerprint density at radius 2 is 1.04 bits per heavy atom. The predicted molar refractivity (Wildman–Crippen MR) is 101 cm³/mol. The van der Waals surface area contributed by atoms with Gasteiger partial charge >= 0.3 is 0 Å². The summed E-state index contributed by atoms with van der Waals surface area (Å²) in [4.78, 5) is 0. The quantitative estimate of drug-likeness (QED) is 0.618. The summed E-state index contributed by atoms with van der Waals surface area (Å²) < 4.78 is 0. The van der Waals surface area contributed by atoms with Crippen molar-refractivity contribution in [2.45, 2.75) is 65.2 Å². The molecule has 0 fully saturated rings. The Kier molecular flexibility index (Phi) is 3.78. The molecule has 23 heavy (non-hydrogen) atoms. The fourth-order valence-corrected chi connectivity index (χ4v) is 3.75. The van der Waals surface area contributed by atoms with Gasteiger partial charge in [0.2, 0.25) is 0 Å². The number of hydrogen-bond donors (Lipinski definition) is 1. The van der Waals surface area contributed by atoms with Gasteiger partial charge < -0.3 is 5.32 Å². The molecule has 0 aliphatic carbocycles. The molecule has 0 amide bonds. The van der Waals surface area contributed by atoms with E-state index in [-0.39, 0.29) is 10.8 Å². The van der Waals surface area contributed by atoms with Crippen molar-refractivity contribution >= 4 is 11.4 Å². The summed E-state index contributed by atoms with van der Waals surface area (Å²) in [6, 6.07) is 13.4. The minimum absolute atomic E-state index is 0.177. The van der Waals surface area contributed by atoms with Crippen molar-refractivity contribution in [2.75, 3.05) is 5.32 Å². The van der Waals surface area contributed by atoms with Crippen LogP contribution in [0.25, 0.3) is 0 Å². The highest BCUT2D eigenvalue weighted by molar-refractivity contribution is 5.71. The monoisotopic (exact) mass is 307 g/mol. The molecule has 1 aliphatic rings. The van der Waals surface area contributed by atoms with Gasteiger partial charge in [-0.2, -0.15) is 0 Å². The van der Waals surface area contributed by atoms with Crippen LogP contribution in [0.15, 0.2) is 36.4 Å². The second kappa shape index (κ2) is 5.40. The molecule has 0 aromatic heterocycles. The van der Waals surface area contributed by atoms with Crippen LogP contribution in [-0.4, -0.2) is 0 Å². The van der Waals surface area contributed by atoms with Crippen LogP contribution >= 0.6 is 0 Å². The molecule has 0 saturated carbocycles. The number of nitrogens with one attached hydrogen (secondary N) is 1. The van der Waals surface area contributed by atoms with E-state index >= 15 is 0 Å². The van der Waals surface area contributed by atoms with E-state index in [1.165, 1.54) is 33.6 Å². The summed E-state index contributed by atoms with van der Waals surface area (Å²) in [5, 5.41) is 3.73. The van der Waals surface area contributed by atoms with Crippen LogP contribution in [0.3, 0.4) is 0 Å². The lowest BCUT2D eigenvalue weighted by atomic mass is 9.80. The fourth-order valence-electron chi connectivity index (χ4n) is 3.75. The van der Waals surface area contributed by atoms with E-state index in [4.69, 9.17) is 0 Å². The second-order valence-corrected chi connectivity index (χ2v) is 8.79. The van der Waals surface area contributed by atoms with E-state index in [9.17, 15) is 0 Å². The third kappa shape index (κ3) is 3.02. The lowest BCUT2D eigenvalue weighted by Crippen LogP contribution is -2.16. The lowest BCUT2D eigenvalue weighted by molar-refractivity contribution is 0.577. The number of benzene rings is 2. The zero-order valence-corrected chi connectivity index (χ0v) is 15.4. The first-order valence-electron chi connectivity index (χ1n) is 8.70. The Morgan fingerprint density at radius 3 is 1.39 bits per heavy atom. The smallest absolute Gasteiger partial charge is 0.0419 e. The molecule has 2 aromatic carbocycles. The summed E-state index contributed by atoms with van der Waals surface area (Å²) in [6.45, 7) is 13.8. The van der Waals surface area contributed by atoms with E-state index < -0.39 is 0 Å². The third-order valence-electron chi connectivity index (χ3n) is 4.86. The van der Waals surface area contributed by atoms with Crippen LogP contribution in [-0.2, 0) is 23.7 Å². The van der Waals surface area contributed by atoms with E-state index in [1.807, 2.05) is 0 Å². The Hall–Kier alpha value is -1.76. The first kappa shape index (κ1) is 16.1. The molecule has 0 spiro atoms. The van der Waals surface area contributed by atoms with Crippen molar-refractivity contribution in [2.24, 2.45) is 0 Å². The molecule has 3 rings (SSSR count). The Morgan fingerprint density at radius 1 is 0.652 bits per heavy atom. The predicted octanol–water partition coefficient (Wildman–Crippen LogP) is 6.12. The SMILES string of the molecule is CC(C)(C)c1cccc2c1CCc1c(cccc1C(C)(C)C)N2. The van der Waals surface area contributed by atoms with E-state index in [0.29, 0.717) is 0 Å². The molecular weight excluding hydrogens is 278 g/mol. The largest absolute Gasteiger partial charge is 0.355 e. The molecule has 0 radical (unpaired) electrons. The fraction of sp³-hybridized carbons (Fsp3) is 0.455. The van der Waals surface area contributed by atoms with Gasteiger partial charge in [-0.15, -0.1) is 0 Å². The molecule has 1 aliphatic heterocycles. The number of rotatable bonds is 0. The normalized spacial score (nSPS) is 14.5. The van der Waals surface area contributed by atoms with Crippen molar-refractivity contribution < 1.29 is 0 Å². The Labute approximate surface area is 141 Å². The maximum Gasteiger partial charge on any atom is 0.0419 e. The van der Waals surface area contributed by atoms with Crippen molar-refractivity contribution in [3.63, 3.8) is 0 Å². The molecule has 0 bridgehead atoms. The Balaban J connectivity index is 2.12. The van der Waals surface area contributed by atoms with Gasteiger partial charge in [-0.1, -0.05) is 65.8 Å². The van der Waals surface area contributed by atoms with Crippen LogP contribution in [0.2, 0.25) is 0 Å². The standard InChI is InChI=1S/C22H29N/c1-21(2,3)17-9-7-11-19-15(17)13-14-16-18(22(4,5)6)10-8-12-20(16)23-19/h7-12,23H,13-14H2,1-6H3. The van der Waals surface area contributed by atoms with Gasteiger partial charge in [0, 0.05) is 11.4 Å². The lowest BCUT2D eigenvalue weighted by Gasteiger charge is -2.24. The zero-order chi connectivity index (χ0) is 16.8. The van der Waals surface area contributed by atoms with E-state index in [2.05, 4.69) is 83.3 Å². The van der Waals surface area contributed by atoms with Gasteiger partial charge in [-0.3, -0.25) is 0 Å². The van der Waals surface area contributed by atoms with E-state index in [1.54, 1.807) is 0 Å². The van der Waals surface area contributed by atoms with Crippen molar-refractivity contribution in [1.29, 1.82) is 0 Å². The summed E-state index contributed by atoms with van der Waals surface area (Å²) >= 11 is 0. The molecule has 0 unspecified atom stereocenters. The number of hydrogen-bond acceptors (Lipinski definition) is 1. The molecule has 122 valence electrons. The second-order valence-electron chi connectivity index (χ2n) is 8.79. The maximum atomic E-state index is 3.73. The first-order valence-corrected chi connectivity index (χ1v) is 8.70. The number of anilines is 2. The third-order valence-corrected chi connectivity index (χ3v) is 4.86. The molecule has 1 heteroatoms. The van der Waals surface area contributed by atoms with Crippen molar-refractivity contribution in [3.8, 4) is 0 Å². The van der Waals surface area contributed by atoms with Crippen molar-refractivity contribution in [3.05, 3.63) is 58.7 Å². The molecular formula is C22H29N. The topological polar surface area (TPSA) is 12.0 Å². The highest BCUT2D eigenvalue weighted by Crippen LogP contribution is 2.39. The minimum Gasteiger partial charge on any atom is -0.355 e. The summed E-state index contributed by atoms with van der Waals surface area (Å²) in [5.41, 5.74) is 8.81. The van der Waals surface area contributed by atoms with Crippen LogP contribution < -0.4 is 5.32 Å². The van der Waals surface area contributed by atoms with Gasteiger partial charge in [-0.05, 0) is 58.1 Å². The van der Waals surface area contributed by atoms with Gasteiger partial charge in [-0.25, -0.2) is 0 Å². The molecule has 0 saturated heterocycles. The van der Waals surface area contributed by atoms with Crippen LogP contribution in [0.4, 0.5) is 11.4 Å². The first-order chi connectivity index (χ1) is 10.7. The maximum absolute atomic E-state index is 3.73. The summed E-state index contributed by atoms with van der Waals surface area (Å²) in [7, 11) is 0. The Bertz CT molecular complexity index is 663. The molecule has 2 aromatic rings. The van der Waals surface area contributed by atoms with Crippen LogP contribution in [0, 0.1) is 0 Å². The summed E-state index contributed by atoms with van der Waals surface area (Å²) in [5.74, 6) is 0. The molecule has 1 nitrogen and oxygen atoms in total. The number of fused-ring (bicyclic) bond motifs is 2. The van der Waals surface area contributed by atoms with Gasteiger partial charge in [0.15, 0.2) is 0 Å². The van der Waals surface area contributed by atoms with Crippen LogP contribution in [0.1, 0.15) is 63.8 Å². The molecule has 1 N–H and O–H groups in total. The summed E-state index contributed by atoms with van der Waals surface area (Å²) in [6.07, 6.45) is 2.21. The van der Waals surface area contributed by atoms with Crippen LogP contribution in [0.5, 0.6) is 0 Å². The average Bonchev–Trinajstić information content (AvgIpc) is 2.63. The van der Waals surface area contributed by atoms with Gasteiger partial charge in [0.25, 0.3) is 0 Å². The molecule has 0 atom stereocenters. The van der Waals surface area contributed by atoms with Gasteiger partial charge in [0.1, 0.15) is 0 Å². The molecule has 1 heterocycles. The van der Waals surface area contributed by atoms with E-state index in [0.717, 1.165) is 12.8 Å². The highest BCUT2D eigenvalue weighted by atomic mass is 14.9. The highest BCUT2D eigenvalue weighted by Gasteiger charge is 2.25.